The van der Waals surface area contributed by atoms with E-state index in [4.69, 9.17) is 4.43 Å². The van der Waals surface area contributed by atoms with Crippen molar-refractivity contribution in [3.63, 3.8) is 0 Å². The second-order valence-corrected chi connectivity index (χ2v) is 10.2. The van der Waals surface area contributed by atoms with Crippen LogP contribution >= 0.6 is 0 Å². The fourth-order valence-electron chi connectivity index (χ4n) is 2.94. The lowest BCUT2D eigenvalue weighted by molar-refractivity contribution is -0.252. The largest absolute Gasteiger partial charge is 0.416 e. The van der Waals surface area contributed by atoms with E-state index in [1.54, 1.807) is 0 Å². The Morgan fingerprint density at radius 3 is 2.37 bits per heavy atom. The van der Waals surface area contributed by atoms with Crippen LogP contribution in [0.15, 0.2) is 30.3 Å². The molecule has 1 saturated heterocycles. The molecule has 5 heteroatoms. The number of halogens is 3. The Balaban J connectivity index is 2.27. The van der Waals surface area contributed by atoms with Crippen molar-refractivity contribution in [2.24, 2.45) is 5.92 Å². The zero-order chi connectivity index (χ0) is 14.3. The first-order valence-electron chi connectivity index (χ1n) is 6.45. The number of rotatable bonds is 2. The van der Waals surface area contributed by atoms with Gasteiger partial charge in [-0.25, -0.2) is 0 Å². The number of benzene rings is 1. The summed E-state index contributed by atoms with van der Waals surface area (Å²) in [4.78, 5) is 0. The molecule has 0 bridgehead atoms. The van der Waals surface area contributed by atoms with Gasteiger partial charge in [0.25, 0.3) is 0 Å². The summed E-state index contributed by atoms with van der Waals surface area (Å²) < 4.78 is 45.5. The fourth-order valence-corrected chi connectivity index (χ4v) is 6.18. The molecular formula is C14H19F3OSi. The van der Waals surface area contributed by atoms with Crippen LogP contribution in [-0.4, -0.2) is 20.1 Å². The van der Waals surface area contributed by atoms with E-state index in [-0.39, 0.29) is 0 Å². The molecule has 2 unspecified atom stereocenters. The maximum Gasteiger partial charge on any atom is 0.416 e. The van der Waals surface area contributed by atoms with Crippen LogP contribution in [0.2, 0.25) is 19.1 Å². The van der Waals surface area contributed by atoms with E-state index >= 15 is 0 Å². The van der Waals surface area contributed by atoms with Gasteiger partial charge in [0.15, 0.2) is 13.9 Å². The van der Waals surface area contributed by atoms with E-state index in [2.05, 4.69) is 0 Å². The molecule has 2 rings (SSSR count). The molecule has 0 aromatic heterocycles. The van der Waals surface area contributed by atoms with Crippen LogP contribution in [-0.2, 0) is 10.8 Å². The molecule has 1 heterocycles. The summed E-state index contributed by atoms with van der Waals surface area (Å²) in [6.07, 6.45) is -3.89. The van der Waals surface area contributed by atoms with E-state index in [0.717, 1.165) is 5.56 Å². The van der Waals surface area contributed by atoms with Crippen LogP contribution in [0.5, 0.6) is 0 Å². The molecule has 0 N–H and O–H groups in total. The maximum absolute atomic E-state index is 13.3. The molecule has 1 aromatic carbocycles. The van der Waals surface area contributed by atoms with Crippen molar-refractivity contribution in [3.05, 3.63) is 35.9 Å². The van der Waals surface area contributed by atoms with Crippen LogP contribution in [0.3, 0.4) is 0 Å². The summed E-state index contributed by atoms with van der Waals surface area (Å²) >= 11 is 0. The highest BCUT2D eigenvalue weighted by atomic mass is 28.4. The molecular weight excluding hydrogens is 269 g/mol. The number of hydrogen-bond acceptors (Lipinski definition) is 1. The second-order valence-electron chi connectivity index (χ2n) is 6.06. The zero-order valence-corrected chi connectivity index (χ0v) is 12.4. The minimum absolute atomic E-state index is 0.424. The average Bonchev–Trinajstić information content (AvgIpc) is 2.50. The van der Waals surface area contributed by atoms with Crippen molar-refractivity contribution in [2.75, 3.05) is 0 Å². The standard InChI is InChI=1S/C14H19F3OSi/c1-13(14(15,16)17)12(10-19(2,3)18-13)9-11-7-5-4-6-8-11/h4-8,12H,9-10H2,1-3H3. The highest BCUT2D eigenvalue weighted by Gasteiger charge is 2.63. The van der Waals surface area contributed by atoms with Gasteiger partial charge in [0.05, 0.1) is 0 Å². The summed E-state index contributed by atoms with van der Waals surface area (Å²) in [6, 6.07) is 9.90. The van der Waals surface area contributed by atoms with E-state index in [1.807, 2.05) is 43.4 Å². The van der Waals surface area contributed by atoms with Gasteiger partial charge in [-0.05, 0) is 44.0 Å². The maximum atomic E-state index is 13.3. The monoisotopic (exact) mass is 288 g/mol. The van der Waals surface area contributed by atoms with Crippen molar-refractivity contribution >= 4 is 8.32 Å². The van der Waals surface area contributed by atoms with Crippen molar-refractivity contribution in [2.45, 2.75) is 44.3 Å². The predicted molar refractivity (Wildman–Crippen MR) is 71.5 cm³/mol. The third-order valence-corrected chi connectivity index (χ3v) is 6.35. The van der Waals surface area contributed by atoms with Gasteiger partial charge in [-0.3, -0.25) is 0 Å². The Morgan fingerprint density at radius 2 is 1.84 bits per heavy atom. The summed E-state index contributed by atoms with van der Waals surface area (Å²) in [7, 11) is -2.22. The lowest BCUT2D eigenvalue weighted by Gasteiger charge is -2.34. The minimum atomic E-state index is -4.31. The topological polar surface area (TPSA) is 9.23 Å². The number of hydrogen-bond donors (Lipinski definition) is 0. The Labute approximate surface area is 112 Å². The smallest absolute Gasteiger partial charge is 0.403 e. The molecule has 19 heavy (non-hydrogen) atoms. The molecule has 0 radical (unpaired) electrons. The third-order valence-electron chi connectivity index (χ3n) is 3.89. The Hall–Kier alpha value is -0.813. The van der Waals surface area contributed by atoms with Crippen molar-refractivity contribution in [1.82, 2.24) is 0 Å². The normalized spacial score (nSPS) is 30.5. The second kappa shape index (κ2) is 4.63. The van der Waals surface area contributed by atoms with E-state index < -0.39 is 26.0 Å². The van der Waals surface area contributed by atoms with Crippen LogP contribution in [0.25, 0.3) is 0 Å². The molecule has 1 aliphatic rings. The molecule has 2 atom stereocenters. The zero-order valence-electron chi connectivity index (χ0n) is 11.4. The molecule has 1 aliphatic heterocycles. The van der Waals surface area contributed by atoms with E-state index in [1.165, 1.54) is 6.92 Å². The summed E-state index contributed by atoms with van der Waals surface area (Å²) in [6.45, 7) is 4.94. The van der Waals surface area contributed by atoms with Crippen LogP contribution in [0.4, 0.5) is 13.2 Å². The molecule has 106 valence electrons. The van der Waals surface area contributed by atoms with Crippen LogP contribution in [0.1, 0.15) is 12.5 Å². The van der Waals surface area contributed by atoms with Crippen molar-refractivity contribution in [3.8, 4) is 0 Å². The SMILES string of the molecule is CC1(C(F)(F)F)O[Si](C)(C)CC1Cc1ccccc1. The summed E-state index contributed by atoms with van der Waals surface area (Å²) in [5.74, 6) is -0.489. The molecule has 0 aliphatic carbocycles. The highest BCUT2D eigenvalue weighted by molar-refractivity contribution is 6.72. The van der Waals surface area contributed by atoms with Crippen molar-refractivity contribution in [1.29, 1.82) is 0 Å². The summed E-state index contributed by atoms with van der Waals surface area (Å²) in [5, 5.41) is 0. The molecule has 0 saturated carbocycles. The average molecular weight is 288 g/mol. The lowest BCUT2D eigenvalue weighted by Crippen LogP contribution is -2.49. The molecule has 1 aromatic rings. The third kappa shape index (κ3) is 2.87. The van der Waals surface area contributed by atoms with Gasteiger partial charge in [-0.1, -0.05) is 30.3 Å². The van der Waals surface area contributed by atoms with Crippen molar-refractivity contribution < 1.29 is 17.6 Å². The minimum Gasteiger partial charge on any atom is -0.403 e. The van der Waals surface area contributed by atoms with Crippen LogP contribution < -0.4 is 0 Å². The molecule has 1 fully saturated rings. The van der Waals surface area contributed by atoms with Gasteiger partial charge in [-0.2, -0.15) is 13.2 Å². The lowest BCUT2D eigenvalue weighted by atomic mass is 9.85. The van der Waals surface area contributed by atoms with Gasteiger partial charge >= 0.3 is 6.18 Å². The van der Waals surface area contributed by atoms with Gasteiger partial charge in [0.2, 0.25) is 0 Å². The van der Waals surface area contributed by atoms with Gasteiger partial charge < -0.3 is 4.43 Å². The first kappa shape index (κ1) is 14.6. The first-order chi connectivity index (χ1) is 8.64. The highest BCUT2D eigenvalue weighted by Crippen LogP contribution is 2.50. The molecule has 0 amide bonds. The van der Waals surface area contributed by atoms with Gasteiger partial charge in [0, 0.05) is 0 Å². The van der Waals surface area contributed by atoms with Crippen LogP contribution in [0, 0.1) is 5.92 Å². The van der Waals surface area contributed by atoms with E-state index in [0.29, 0.717) is 12.5 Å². The predicted octanol–water partition coefficient (Wildman–Crippen LogP) is 4.40. The molecule has 1 nitrogen and oxygen atoms in total. The fraction of sp³-hybridized carbons (Fsp3) is 0.571. The quantitative estimate of drug-likeness (QED) is 0.733. The Morgan fingerprint density at radius 1 is 1.26 bits per heavy atom. The van der Waals surface area contributed by atoms with Gasteiger partial charge in [0.1, 0.15) is 0 Å². The summed E-state index contributed by atoms with van der Waals surface area (Å²) in [5.41, 5.74) is -1.06. The molecule has 0 spiro atoms. The Bertz CT molecular complexity index is 444. The Kier molecular flexibility index (Phi) is 3.56. The number of alkyl halides is 3. The van der Waals surface area contributed by atoms with Gasteiger partial charge in [-0.15, -0.1) is 0 Å². The first-order valence-corrected chi connectivity index (χ1v) is 9.56. The van der Waals surface area contributed by atoms with E-state index in [9.17, 15) is 13.2 Å².